The SMILES string of the molecule is CC(OC(=O)CC(NC(=O)c1ccccc1)c1ccccc1)C(=O)Nc1ccc(F)cc1Cl. The Morgan fingerprint density at radius 2 is 1.61 bits per heavy atom. The lowest BCUT2D eigenvalue weighted by Crippen LogP contribution is -2.33. The number of benzene rings is 3. The van der Waals surface area contributed by atoms with Crippen molar-refractivity contribution in [1.82, 2.24) is 5.32 Å². The van der Waals surface area contributed by atoms with Crippen molar-refractivity contribution in [1.29, 1.82) is 0 Å². The maximum absolute atomic E-state index is 13.2. The Labute approximate surface area is 195 Å². The maximum atomic E-state index is 13.2. The summed E-state index contributed by atoms with van der Waals surface area (Å²) in [5.74, 6) is -2.18. The number of hydrogen-bond donors (Lipinski definition) is 2. The highest BCUT2D eigenvalue weighted by Gasteiger charge is 2.24. The van der Waals surface area contributed by atoms with Crippen LogP contribution in [0.3, 0.4) is 0 Å². The molecule has 0 aliphatic heterocycles. The van der Waals surface area contributed by atoms with Gasteiger partial charge in [-0.1, -0.05) is 60.1 Å². The van der Waals surface area contributed by atoms with Crippen LogP contribution in [-0.2, 0) is 14.3 Å². The maximum Gasteiger partial charge on any atom is 0.309 e. The highest BCUT2D eigenvalue weighted by molar-refractivity contribution is 6.33. The average Bonchev–Trinajstić information content (AvgIpc) is 2.81. The number of carbonyl (C=O) groups excluding carboxylic acids is 3. The number of anilines is 1. The molecule has 2 N–H and O–H groups in total. The van der Waals surface area contributed by atoms with Crippen LogP contribution in [0.5, 0.6) is 0 Å². The van der Waals surface area contributed by atoms with Gasteiger partial charge in [-0.25, -0.2) is 4.39 Å². The van der Waals surface area contributed by atoms with Crippen molar-refractivity contribution < 1.29 is 23.5 Å². The molecule has 0 fully saturated rings. The van der Waals surface area contributed by atoms with Gasteiger partial charge in [0.2, 0.25) is 0 Å². The summed E-state index contributed by atoms with van der Waals surface area (Å²) in [6.07, 6.45) is -1.32. The summed E-state index contributed by atoms with van der Waals surface area (Å²) < 4.78 is 18.4. The molecule has 0 bridgehead atoms. The molecule has 2 amide bonds. The Morgan fingerprint density at radius 1 is 0.970 bits per heavy atom. The van der Waals surface area contributed by atoms with E-state index in [0.717, 1.165) is 12.1 Å². The predicted molar refractivity (Wildman–Crippen MR) is 123 cm³/mol. The molecule has 0 heterocycles. The Hall–Kier alpha value is -3.71. The number of halogens is 2. The molecule has 0 aliphatic rings. The van der Waals surface area contributed by atoms with Crippen molar-refractivity contribution in [3.8, 4) is 0 Å². The number of hydrogen-bond acceptors (Lipinski definition) is 4. The number of ether oxygens (including phenoxy) is 1. The van der Waals surface area contributed by atoms with Gasteiger partial charge in [0.25, 0.3) is 11.8 Å². The molecule has 170 valence electrons. The van der Waals surface area contributed by atoms with Gasteiger partial charge in [-0.2, -0.15) is 0 Å². The average molecular weight is 469 g/mol. The molecule has 0 radical (unpaired) electrons. The van der Waals surface area contributed by atoms with Gasteiger partial charge in [-0.05, 0) is 42.8 Å². The molecule has 3 aromatic rings. The van der Waals surface area contributed by atoms with Gasteiger partial charge < -0.3 is 15.4 Å². The van der Waals surface area contributed by atoms with Crippen LogP contribution in [0, 0.1) is 5.82 Å². The van der Waals surface area contributed by atoms with Crippen molar-refractivity contribution in [3.05, 3.63) is 101 Å². The first-order valence-electron chi connectivity index (χ1n) is 10.2. The third-order valence-electron chi connectivity index (χ3n) is 4.78. The number of esters is 1. The zero-order valence-electron chi connectivity index (χ0n) is 17.8. The van der Waals surface area contributed by atoms with E-state index in [0.29, 0.717) is 11.1 Å². The number of carbonyl (C=O) groups is 3. The fourth-order valence-corrected chi connectivity index (χ4v) is 3.27. The van der Waals surface area contributed by atoms with Crippen molar-refractivity contribution in [3.63, 3.8) is 0 Å². The summed E-state index contributed by atoms with van der Waals surface area (Å²) in [7, 11) is 0. The highest BCUT2D eigenvalue weighted by Crippen LogP contribution is 2.23. The molecular formula is C25H22ClFN2O4. The molecule has 2 unspecified atom stereocenters. The van der Waals surface area contributed by atoms with Crippen LogP contribution in [0.25, 0.3) is 0 Å². The summed E-state index contributed by atoms with van der Waals surface area (Å²) in [6, 6.07) is 20.5. The van der Waals surface area contributed by atoms with E-state index in [4.69, 9.17) is 16.3 Å². The first-order valence-corrected chi connectivity index (χ1v) is 10.6. The van der Waals surface area contributed by atoms with Gasteiger partial charge >= 0.3 is 5.97 Å². The molecule has 3 rings (SSSR count). The zero-order valence-corrected chi connectivity index (χ0v) is 18.5. The Kier molecular flexibility index (Phi) is 8.16. The third kappa shape index (κ3) is 6.89. The van der Waals surface area contributed by atoms with Crippen molar-refractivity contribution in [2.24, 2.45) is 0 Å². The second-order valence-electron chi connectivity index (χ2n) is 7.25. The first kappa shape index (κ1) is 23.9. The lowest BCUT2D eigenvalue weighted by Gasteiger charge is -2.20. The van der Waals surface area contributed by atoms with E-state index in [9.17, 15) is 18.8 Å². The molecular weight excluding hydrogens is 447 g/mol. The van der Waals surface area contributed by atoms with E-state index in [1.807, 2.05) is 6.07 Å². The van der Waals surface area contributed by atoms with E-state index in [1.54, 1.807) is 54.6 Å². The van der Waals surface area contributed by atoms with Crippen LogP contribution >= 0.6 is 11.6 Å². The van der Waals surface area contributed by atoms with Crippen LogP contribution in [0.15, 0.2) is 78.9 Å². The van der Waals surface area contributed by atoms with Crippen LogP contribution < -0.4 is 10.6 Å². The molecule has 3 aromatic carbocycles. The van der Waals surface area contributed by atoms with Gasteiger partial charge in [0.1, 0.15) is 5.82 Å². The molecule has 0 saturated carbocycles. The lowest BCUT2D eigenvalue weighted by molar-refractivity contribution is -0.153. The largest absolute Gasteiger partial charge is 0.452 e. The van der Waals surface area contributed by atoms with Gasteiger partial charge in [-0.3, -0.25) is 14.4 Å². The Morgan fingerprint density at radius 3 is 2.24 bits per heavy atom. The van der Waals surface area contributed by atoms with Crippen LogP contribution in [-0.4, -0.2) is 23.9 Å². The standard InChI is InChI=1S/C25H22ClFN2O4/c1-16(24(31)28-21-13-12-19(27)14-20(21)26)33-23(30)15-22(17-8-4-2-5-9-17)29-25(32)18-10-6-3-7-11-18/h2-14,16,22H,15H2,1H3,(H,28,31)(H,29,32). The molecule has 2 atom stereocenters. The molecule has 0 aromatic heterocycles. The second-order valence-corrected chi connectivity index (χ2v) is 7.66. The summed E-state index contributed by atoms with van der Waals surface area (Å²) in [4.78, 5) is 37.6. The summed E-state index contributed by atoms with van der Waals surface area (Å²) in [5, 5.41) is 5.36. The van der Waals surface area contributed by atoms with Crippen molar-refractivity contribution in [2.45, 2.75) is 25.5 Å². The summed E-state index contributed by atoms with van der Waals surface area (Å²) >= 11 is 5.92. The smallest absolute Gasteiger partial charge is 0.309 e. The second kappa shape index (κ2) is 11.2. The summed E-state index contributed by atoms with van der Waals surface area (Å²) in [5.41, 5.74) is 1.37. The van der Waals surface area contributed by atoms with E-state index in [1.165, 1.54) is 13.0 Å². The Bertz CT molecular complexity index is 1130. The third-order valence-corrected chi connectivity index (χ3v) is 5.09. The van der Waals surface area contributed by atoms with Crippen molar-refractivity contribution >= 4 is 35.1 Å². The minimum absolute atomic E-state index is 0.0228. The van der Waals surface area contributed by atoms with E-state index in [-0.39, 0.29) is 23.0 Å². The predicted octanol–water partition coefficient (Wildman–Crippen LogP) is 4.91. The lowest BCUT2D eigenvalue weighted by atomic mass is 10.0. The Balaban J connectivity index is 1.65. The highest BCUT2D eigenvalue weighted by atomic mass is 35.5. The number of nitrogens with one attached hydrogen (secondary N) is 2. The molecule has 6 nitrogen and oxygen atoms in total. The van der Waals surface area contributed by atoms with Crippen molar-refractivity contribution in [2.75, 3.05) is 5.32 Å². The monoisotopic (exact) mass is 468 g/mol. The number of rotatable bonds is 8. The molecule has 0 spiro atoms. The normalized spacial score (nSPS) is 12.3. The molecule has 8 heteroatoms. The van der Waals surface area contributed by atoms with Gasteiger partial charge in [-0.15, -0.1) is 0 Å². The molecule has 0 saturated heterocycles. The van der Waals surface area contributed by atoms with Gasteiger partial charge in [0.15, 0.2) is 6.10 Å². The summed E-state index contributed by atoms with van der Waals surface area (Å²) in [6.45, 7) is 1.41. The fraction of sp³-hybridized carbons (Fsp3) is 0.160. The molecule has 33 heavy (non-hydrogen) atoms. The van der Waals surface area contributed by atoms with E-state index in [2.05, 4.69) is 10.6 Å². The van der Waals surface area contributed by atoms with Crippen LogP contribution in [0.2, 0.25) is 5.02 Å². The van der Waals surface area contributed by atoms with Gasteiger partial charge in [0, 0.05) is 5.56 Å². The topological polar surface area (TPSA) is 84.5 Å². The van der Waals surface area contributed by atoms with Gasteiger partial charge in [0.05, 0.1) is 23.2 Å². The fourth-order valence-electron chi connectivity index (χ4n) is 3.06. The van der Waals surface area contributed by atoms with Crippen LogP contribution in [0.4, 0.5) is 10.1 Å². The van der Waals surface area contributed by atoms with E-state index >= 15 is 0 Å². The number of amides is 2. The molecule has 0 aliphatic carbocycles. The minimum Gasteiger partial charge on any atom is -0.452 e. The zero-order chi connectivity index (χ0) is 23.8. The van der Waals surface area contributed by atoms with Crippen LogP contribution in [0.1, 0.15) is 35.3 Å². The van der Waals surface area contributed by atoms with E-state index < -0.39 is 29.8 Å². The quantitative estimate of drug-likeness (QED) is 0.460. The first-order chi connectivity index (χ1) is 15.8. The minimum atomic E-state index is -1.14.